The molecule has 0 aliphatic rings. The summed E-state index contributed by atoms with van der Waals surface area (Å²) in [4.78, 5) is 15.3. The van der Waals surface area contributed by atoms with Gasteiger partial charge in [0.15, 0.2) is 0 Å². The minimum Gasteiger partial charge on any atom is -0.497 e. The van der Waals surface area contributed by atoms with Gasteiger partial charge in [-0.2, -0.15) is 0 Å². The largest absolute Gasteiger partial charge is 0.497 e. The van der Waals surface area contributed by atoms with Crippen LogP contribution in [0.5, 0.6) is 11.6 Å². The molecule has 0 spiro atoms. The number of benzene rings is 1. The highest BCUT2D eigenvalue weighted by molar-refractivity contribution is 6.05. The lowest BCUT2D eigenvalue weighted by Crippen LogP contribution is -2.03. The number of methoxy groups -OCH3 is 2. The fourth-order valence-corrected chi connectivity index (χ4v) is 1.61. The summed E-state index contributed by atoms with van der Waals surface area (Å²) in [6.07, 6.45) is 1.28. The van der Waals surface area contributed by atoms with Crippen LogP contribution >= 0.6 is 0 Å². The zero-order valence-corrected chi connectivity index (χ0v) is 9.43. The van der Waals surface area contributed by atoms with E-state index in [2.05, 4.69) is 9.72 Å². The van der Waals surface area contributed by atoms with Gasteiger partial charge >= 0.3 is 5.97 Å². The Hall–Kier alpha value is -2.30. The molecule has 0 amide bonds. The van der Waals surface area contributed by atoms with Gasteiger partial charge in [-0.25, -0.2) is 9.78 Å². The summed E-state index contributed by atoms with van der Waals surface area (Å²) in [6.45, 7) is 0. The lowest BCUT2D eigenvalue weighted by molar-refractivity contribution is 0.0602. The van der Waals surface area contributed by atoms with Crippen molar-refractivity contribution in [3.05, 3.63) is 30.0 Å². The van der Waals surface area contributed by atoms with Crippen molar-refractivity contribution in [1.29, 1.82) is 0 Å². The fourth-order valence-electron chi connectivity index (χ4n) is 1.61. The molecule has 0 radical (unpaired) electrons. The van der Waals surface area contributed by atoms with Crippen molar-refractivity contribution in [2.24, 2.45) is 0 Å². The number of carbonyl (C=O) groups is 1. The van der Waals surface area contributed by atoms with Gasteiger partial charge in [0.1, 0.15) is 5.75 Å². The molecule has 1 heterocycles. The Balaban J connectivity index is 2.76. The van der Waals surface area contributed by atoms with Gasteiger partial charge in [0.25, 0.3) is 0 Å². The molecule has 1 aromatic carbocycles. The number of hydrogen-bond acceptors (Lipinski definition) is 5. The number of ether oxygens (including phenoxy) is 2. The Morgan fingerprint density at radius 3 is 2.71 bits per heavy atom. The predicted molar refractivity (Wildman–Crippen MR) is 61.3 cm³/mol. The van der Waals surface area contributed by atoms with Gasteiger partial charge in [-0.3, -0.25) is 0 Å². The van der Waals surface area contributed by atoms with Gasteiger partial charge in [-0.05, 0) is 18.2 Å². The fraction of sp³-hybridized carbons (Fsp3) is 0.167. The summed E-state index contributed by atoms with van der Waals surface area (Å²) in [5.74, 6) is -0.0423. The monoisotopic (exact) mass is 233 g/mol. The second-order valence-electron chi connectivity index (χ2n) is 3.40. The molecule has 0 saturated heterocycles. The van der Waals surface area contributed by atoms with Crippen LogP contribution in [-0.4, -0.2) is 30.3 Å². The highest BCUT2D eigenvalue weighted by atomic mass is 16.5. The normalized spacial score (nSPS) is 10.2. The van der Waals surface area contributed by atoms with Crippen molar-refractivity contribution in [3.63, 3.8) is 0 Å². The smallest absolute Gasteiger partial charge is 0.340 e. The first-order chi connectivity index (χ1) is 8.17. The standard InChI is InChI=1S/C12H11NO4/c1-16-7-3-4-8-9(5-7)10(12(15)17-2)6-13-11(8)14/h3-6H,1-2H3,(H,13,14). The lowest BCUT2D eigenvalue weighted by atomic mass is 10.1. The van der Waals surface area contributed by atoms with Crippen LogP contribution in [0.1, 0.15) is 10.4 Å². The van der Waals surface area contributed by atoms with Crippen LogP contribution in [0.4, 0.5) is 0 Å². The van der Waals surface area contributed by atoms with E-state index in [4.69, 9.17) is 4.74 Å². The molecule has 1 N–H and O–H groups in total. The molecular formula is C12H11NO4. The molecule has 0 saturated carbocycles. The summed E-state index contributed by atoms with van der Waals surface area (Å²) in [5.41, 5.74) is 0.291. The van der Waals surface area contributed by atoms with Crippen molar-refractivity contribution in [2.45, 2.75) is 0 Å². The van der Waals surface area contributed by atoms with Crippen LogP contribution in [0.2, 0.25) is 0 Å². The summed E-state index contributed by atoms with van der Waals surface area (Å²) in [7, 11) is 2.82. The van der Waals surface area contributed by atoms with Crippen molar-refractivity contribution in [2.75, 3.05) is 14.2 Å². The van der Waals surface area contributed by atoms with Gasteiger partial charge in [0.2, 0.25) is 5.88 Å². The van der Waals surface area contributed by atoms with Crippen molar-refractivity contribution < 1.29 is 19.4 Å². The molecule has 5 nitrogen and oxygen atoms in total. The number of rotatable bonds is 2. The van der Waals surface area contributed by atoms with Crippen LogP contribution in [0.3, 0.4) is 0 Å². The third-order valence-corrected chi connectivity index (χ3v) is 2.48. The molecule has 0 bridgehead atoms. The van der Waals surface area contributed by atoms with E-state index in [0.29, 0.717) is 22.1 Å². The molecule has 5 heteroatoms. The Kier molecular flexibility index (Phi) is 2.82. The average Bonchev–Trinajstić information content (AvgIpc) is 2.38. The van der Waals surface area contributed by atoms with Gasteiger partial charge in [-0.15, -0.1) is 0 Å². The van der Waals surface area contributed by atoms with E-state index in [-0.39, 0.29) is 5.88 Å². The van der Waals surface area contributed by atoms with E-state index >= 15 is 0 Å². The Labute approximate surface area is 97.6 Å². The minimum atomic E-state index is -0.504. The van der Waals surface area contributed by atoms with Crippen LogP contribution in [-0.2, 0) is 4.74 Å². The third kappa shape index (κ3) is 1.87. The van der Waals surface area contributed by atoms with E-state index in [1.165, 1.54) is 20.4 Å². The van der Waals surface area contributed by atoms with E-state index in [0.717, 1.165) is 0 Å². The zero-order valence-electron chi connectivity index (χ0n) is 9.43. The molecule has 0 unspecified atom stereocenters. The van der Waals surface area contributed by atoms with Gasteiger partial charge < -0.3 is 14.6 Å². The van der Waals surface area contributed by atoms with E-state index < -0.39 is 5.97 Å². The van der Waals surface area contributed by atoms with Crippen molar-refractivity contribution in [3.8, 4) is 11.6 Å². The van der Waals surface area contributed by atoms with E-state index in [1.54, 1.807) is 18.2 Å². The van der Waals surface area contributed by atoms with E-state index in [9.17, 15) is 9.90 Å². The molecule has 2 rings (SSSR count). The molecule has 0 aliphatic carbocycles. The molecule has 0 fully saturated rings. The maximum absolute atomic E-state index is 11.6. The lowest BCUT2D eigenvalue weighted by Gasteiger charge is -2.07. The summed E-state index contributed by atoms with van der Waals surface area (Å²) >= 11 is 0. The number of aromatic hydroxyl groups is 1. The van der Waals surface area contributed by atoms with Gasteiger partial charge in [-0.1, -0.05) is 0 Å². The predicted octanol–water partition coefficient (Wildman–Crippen LogP) is 1.74. The maximum atomic E-state index is 11.6. The molecule has 17 heavy (non-hydrogen) atoms. The number of hydrogen-bond donors (Lipinski definition) is 1. The second kappa shape index (κ2) is 4.29. The quantitative estimate of drug-likeness (QED) is 0.800. The first kappa shape index (κ1) is 11.2. The van der Waals surface area contributed by atoms with Crippen molar-refractivity contribution in [1.82, 2.24) is 4.98 Å². The number of aromatic nitrogens is 1. The summed E-state index contributed by atoms with van der Waals surface area (Å²) < 4.78 is 9.73. The molecule has 0 atom stereocenters. The number of esters is 1. The molecule has 0 aliphatic heterocycles. The molecule has 2 aromatic rings. The Morgan fingerprint density at radius 2 is 2.06 bits per heavy atom. The third-order valence-electron chi connectivity index (χ3n) is 2.48. The zero-order chi connectivity index (χ0) is 12.4. The highest BCUT2D eigenvalue weighted by Gasteiger charge is 2.14. The minimum absolute atomic E-state index is 0.129. The maximum Gasteiger partial charge on any atom is 0.340 e. The number of carbonyl (C=O) groups excluding carboxylic acids is 1. The summed E-state index contributed by atoms with van der Waals surface area (Å²) in [6, 6.07) is 4.98. The molecule has 88 valence electrons. The van der Waals surface area contributed by atoms with Gasteiger partial charge in [0.05, 0.1) is 19.8 Å². The van der Waals surface area contributed by atoms with Crippen LogP contribution in [0.25, 0.3) is 10.8 Å². The molecule has 1 aromatic heterocycles. The Morgan fingerprint density at radius 1 is 1.29 bits per heavy atom. The van der Waals surface area contributed by atoms with Gasteiger partial charge in [0, 0.05) is 17.0 Å². The summed E-state index contributed by atoms with van der Waals surface area (Å²) in [5, 5.41) is 10.6. The topological polar surface area (TPSA) is 68.7 Å². The van der Waals surface area contributed by atoms with Crippen LogP contribution in [0.15, 0.2) is 24.4 Å². The Bertz CT molecular complexity index is 580. The number of fused-ring (bicyclic) bond motifs is 1. The number of nitrogens with zero attached hydrogens (tertiary/aromatic N) is 1. The highest BCUT2D eigenvalue weighted by Crippen LogP contribution is 2.29. The first-order valence-electron chi connectivity index (χ1n) is 4.91. The van der Waals surface area contributed by atoms with Crippen molar-refractivity contribution >= 4 is 16.7 Å². The first-order valence-corrected chi connectivity index (χ1v) is 4.91. The average molecular weight is 233 g/mol. The van der Waals surface area contributed by atoms with Crippen LogP contribution in [0, 0.1) is 0 Å². The SMILES string of the molecule is COC(=O)c1cnc(O)c2ccc(OC)cc12. The molecular weight excluding hydrogens is 222 g/mol. The number of pyridine rings is 1. The van der Waals surface area contributed by atoms with E-state index in [1.807, 2.05) is 0 Å². The van der Waals surface area contributed by atoms with Crippen LogP contribution < -0.4 is 4.74 Å². The second-order valence-corrected chi connectivity index (χ2v) is 3.40.